The summed E-state index contributed by atoms with van der Waals surface area (Å²) in [5, 5.41) is 11.7. The van der Waals surface area contributed by atoms with Gasteiger partial charge in [-0.1, -0.05) is 48.5 Å². The number of aliphatic carboxylic acids is 1. The number of carboxylic acids is 1. The number of amides is 2. The van der Waals surface area contributed by atoms with Crippen LogP contribution in [-0.2, 0) is 14.3 Å². The maximum Gasteiger partial charge on any atom is 0.407 e. The van der Waals surface area contributed by atoms with E-state index in [4.69, 9.17) is 9.84 Å². The van der Waals surface area contributed by atoms with E-state index in [-0.39, 0.29) is 31.3 Å². The van der Waals surface area contributed by atoms with Crippen molar-refractivity contribution in [2.24, 2.45) is 0 Å². The average molecular weight is 465 g/mol. The Balaban J connectivity index is 1.31. The smallest absolute Gasteiger partial charge is 0.407 e. The molecule has 180 valence electrons. The van der Waals surface area contributed by atoms with Crippen LogP contribution >= 0.6 is 0 Å². The van der Waals surface area contributed by atoms with E-state index in [0.717, 1.165) is 30.4 Å². The Hall–Kier alpha value is -3.35. The second-order valence-electron chi connectivity index (χ2n) is 9.43. The molecule has 0 saturated heterocycles. The Bertz CT molecular complexity index is 1020. The lowest BCUT2D eigenvalue weighted by atomic mass is 9.74. The number of carboxylic acid groups (broad SMARTS) is 1. The highest BCUT2D eigenvalue weighted by atomic mass is 16.5. The van der Waals surface area contributed by atoms with Gasteiger partial charge in [0.25, 0.3) is 0 Å². The molecule has 4 rings (SSSR count). The number of nitrogens with zero attached hydrogens (tertiary/aromatic N) is 1. The monoisotopic (exact) mass is 464 g/mol. The fourth-order valence-corrected chi connectivity index (χ4v) is 4.97. The maximum absolute atomic E-state index is 12.7. The van der Waals surface area contributed by atoms with Crippen LogP contribution in [0.15, 0.2) is 48.5 Å². The predicted octanol–water partition coefficient (Wildman–Crippen LogP) is 4.55. The molecule has 0 heterocycles. The third-order valence-corrected chi connectivity index (χ3v) is 7.07. The number of benzene rings is 2. The summed E-state index contributed by atoms with van der Waals surface area (Å²) in [5.41, 5.74) is 4.12. The van der Waals surface area contributed by atoms with Crippen molar-refractivity contribution in [1.82, 2.24) is 10.2 Å². The van der Waals surface area contributed by atoms with E-state index in [1.165, 1.54) is 11.1 Å². The van der Waals surface area contributed by atoms with E-state index in [9.17, 15) is 14.4 Å². The molecule has 2 N–H and O–H groups in total. The lowest BCUT2D eigenvalue weighted by Gasteiger charge is -2.42. The Morgan fingerprint density at radius 3 is 2.21 bits per heavy atom. The normalized spacial score (nSPS) is 15.6. The van der Waals surface area contributed by atoms with Crippen molar-refractivity contribution in [1.29, 1.82) is 0 Å². The molecule has 0 aromatic heterocycles. The maximum atomic E-state index is 12.7. The minimum absolute atomic E-state index is 0.00550. The van der Waals surface area contributed by atoms with Gasteiger partial charge in [-0.15, -0.1) is 0 Å². The van der Waals surface area contributed by atoms with E-state index >= 15 is 0 Å². The zero-order valence-corrected chi connectivity index (χ0v) is 19.6. The number of nitrogens with one attached hydrogen (secondary N) is 1. The molecule has 7 nitrogen and oxygen atoms in total. The summed E-state index contributed by atoms with van der Waals surface area (Å²) in [6.07, 6.45) is 3.47. The highest BCUT2D eigenvalue weighted by Gasteiger charge is 2.41. The molecule has 2 aliphatic carbocycles. The fraction of sp³-hybridized carbons (Fsp3) is 0.444. The highest BCUT2D eigenvalue weighted by Crippen LogP contribution is 2.44. The van der Waals surface area contributed by atoms with Crippen LogP contribution < -0.4 is 5.32 Å². The predicted molar refractivity (Wildman–Crippen MR) is 129 cm³/mol. The second kappa shape index (κ2) is 10.3. The molecule has 2 aromatic rings. The topological polar surface area (TPSA) is 95.9 Å². The molecular weight excluding hydrogens is 432 g/mol. The summed E-state index contributed by atoms with van der Waals surface area (Å²) in [4.78, 5) is 37.7. The Kier molecular flexibility index (Phi) is 7.20. The number of carbonyl (C=O) groups excluding carboxylic acids is 2. The lowest BCUT2D eigenvalue weighted by molar-refractivity contribution is -0.137. The van der Waals surface area contributed by atoms with Gasteiger partial charge < -0.3 is 20.1 Å². The van der Waals surface area contributed by atoms with Gasteiger partial charge in [0.2, 0.25) is 5.91 Å². The van der Waals surface area contributed by atoms with Crippen molar-refractivity contribution in [2.45, 2.75) is 56.4 Å². The molecule has 7 heteroatoms. The standard InChI is InChI=1S/C27H32N2O5/c1-29(16-7-6-13-25(31)32)24(30)17-27(14-8-15-27)28-26(33)34-18-23-21-11-4-2-9-19(21)20-10-3-5-12-22(20)23/h2-5,9-12,23H,6-8,13-18H2,1H3,(H,28,33)(H,31,32). The first kappa shape index (κ1) is 23.8. The van der Waals surface area contributed by atoms with Crippen LogP contribution in [0.5, 0.6) is 0 Å². The summed E-state index contributed by atoms with van der Waals surface area (Å²) in [6.45, 7) is 0.751. The number of hydrogen-bond donors (Lipinski definition) is 2. The first-order chi connectivity index (χ1) is 16.4. The summed E-state index contributed by atoms with van der Waals surface area (Å²) in [5.74, 6) is -0.877. The van der Waals surface area contributed by atoms with Crippen molar-refractivity contribution in [2.75, 3.05) is 20.2 Å². The Morgan fingerprint density at radius 2 is 1.65 bits per heavy atom. The van der Waals surface area contributed by atoms with E-state index in [0.29, 0.717) is 19.4 Å². The van der Waals surface area contributed by atoms with Gasteiger partial charge >= 0.3 is 12.1 Å². The minimum Gasteiger partial charge on any atom is -0.481 e. The van der Waals surface area contributed by atoms with Crippen molar-refractivity contribution in [3.05, 3.63) is 59.7 Å². The van der Waals surface area contributed by atoms with Crippen LogP contribution in [0, 0.1) is 0 Å². The van der Waals surface area contributed by atoms with Crippen LogP contribution in [0.25, 0.3) is 11.1 Å². The van der Waals surface area contributed by atoms with Crippen LogP contribution in [0.1, 0.15) is 62.0 Å². The third-order valence-electron chi connectivity index (χ3n) is 7.07. The molecule has 1 fully saturated rings. The van der Waals surface area contributed by atoms with Gasteiger partial charge in [0, 0.05) is 25.9 Å². The van der Waals surface area contributed by atoms with Crippen molar-refractivity contribution in [3.8, 4) is 11.1 Å². The molecule has 34 heavy (non-hydrogen) atoms. The lowest BCUT2D eigenvalue weighted by Crippen LogP contribution is -2.56. The number of ether oxygens (including phenoxy) is 1. The Labute approximate surface area is 200 Å². The molecule has 2 aliphatic rings. The number of alkyl carbamates (subject to hydrolysis) is 1. The molecule has 0 unspecified atom stereocenters. The zero-order chi connectivity index (χ0) is 24.1. The molecule has 0 spiro atoms. The van der Waals surface area contributed by atoms with E-state index in [1.807, 2.05) is 24.3 Å². The molecule has 0 bridgehead atoms. The largest absolute Gasteiger partial charge is 0.481 e. The van der Waals surface area contributed by atoms with E-state index < -0.39 is 17.6 Å². The number of fused-ring (bicyclic) bond motifs is 3. The Morgan fingerprint density at radius 1 is 1.03 bits per heavy atom. The third kappa shape index (κ3) is 5.24. The first-order valence-electron chi connectivity index (χ1n) is 12.0. The molecular formula is C27H32N2O5. The van der Waals surface area contributed by atoms with Crippen molar-refractivity contribution in [3.63, 3.8) is 0 Å². The summed E-state index contributed by atoms with van der Waals surface area (Å²) in [7, 11) is 1.72. The fourth-order valence-electron chi connectivity index (χ4n) is 4.97. The van der Waals surface area contributed by atoms with Gasteiger partial charge in [-0.05, 0) is 54.4 Å². The minimum atomic E-state index is -0.824. The van der Waals surface area contributed by atoms with E-state index in [1.54, 1.807) is 11.9 Å². The summed E-state index contributed by atoms with van der Waals surface area (Å²) < 4.78 is 5.68. The van der Waals surface area contributed by atoms with Gasteiger partial charge in [0.15, 0.2) is 0 Å². The van der Waals surface area contributed by atoms with Crippen molar-refractivity contribution >= 4 is 18.0 Å². The van der Waals surface area contributed by atoms with Gasteiger partial charge in [-0.3, -0.25) is 9.59 Å². The SMILES string of the molecule is CN(CCCCC(=O)O)C(=O)CC1(NC(=O)OCC2c3ccccc3-c3ccccc32)CCC1. The van der Waals surface area contributed by atoms with Crippen LogP contribution in [0.4, 0.5) is 4.79 Å². The van der Waals surface area contributed by atoms with Crippen LogP contribution in [0.2, 0.25) is 0 Å². The molecule has 0 radical (unpaired) electrons. The first-order valence-corrected chi connectivity index (χ1v) is 12.0. The summed E-state index contributed by atoms with van der Waals surface area (Å²) in [6, 6.07) is 16.4. The van der Waals surface area contributed by atoms with Crippen LogP contribution in [0.3, 0.4) is 0 Å². The number of hydrogen-bond acceptors (Lipinski definition) is 4. The van der Waals surface area contributed by atoms with Gasteiger partial charge in [0.1, 0.15) is 6.61 Å². The molecule has 2 aromatic carbocycles. The van der Waals surface area contributed by atoms with Gasteiger partial charge in [-0.2, -0.15) is 0 Å². The molecule has 0 aliphatic heterocycles. The van der Waals surface area contributed by atoms with Gasteiger partial charge in [-0.25, -0.2) is 4.79 Å². The van der Waals surface area contributed by atoms with E-state index in [2.05, 4.69) is 29.6 Å². The number of rotatable bonds is 10. The number of carbonyl (C=O) groups is 3. The van der Waals surface area contributed by atoms with Gasteiger partial charge in [0.05, 0.1) is 12.0 Å². The van der Waals surface area contributed by atoms with Crippen LogP contribution in [-0.4, -0.2) is 53.7 Å². The van der Waals surface area contributed by atoms with Crippen molar-refractivity contribution < 1.29 is 24.2 Å². The molecule has 0 atom stereocenters. The summed E-state index contributed by atoms with van der Waals surface area (Å²) >= 11 is 0. The number of unbranched alkanes of at least 4 members (excludes halogenated alkanes) is 1. The average Bonchev–Trinajstić information content (AvgIpc) is 3.12. The molecule has 2 amide bonds. The zero-order valence-electron chi connectivity index (χ0n) is 19.6. The molecule has 1 saturated carbocycles. The second-order valence-corrected chi connectivity index (χ2v) is 9.43. The highest BCUT2D eigenvalue weighted by molar-refractivity contribution is 5.80. The quantitative estimate of drug-likeness (QED) is 0.503.